The zero-order valence-electron chi connectivity index (χ0n) is 36.4. The van der Waals surface area contributed by atoms with Crippen LogP contribution in [0.2, 0.25) is 0 Å². The molecule has 320 valence electrons. The van der Waals surface area contributed by atoms with Gasteiger partial charge in [0.15, 0.2) is 0 Å². The highest BCUT2D eigenvalue weighted by molar-refractivity contribution is 5.74. The van der Waals surface area contributed by atoms with Crippen molar-refractivity contribution in [3.05, 3.63) is 0 Å². The Kier molecular flexibility index (Phi) is 19.5. The van der Waals surface area contributed by atoms with Crippen LogP contribution in [0.25, 0.3) is 0 Å². The molecule has 0 bridgehead atoms. The van der Waals surface area contributed by atoms with Crippen LogP contribution < -0.4 is 47.2 Å². The van der Waals surface area contributed by atoms with Gasteiger partial charge >= 0.3 is 0 Å². The van der Waals surface area contributed by atoms with E-state index >= 15 is 0 Å². The summed E-state index contributed by atoms with van der Waals surface area (Å²) in [6.07, 6.45) is 6.31. The molecule has 0 aromatic carbocycles. The molecule has 16 heteroatoms. The van der Waals surface area contributed by atoms with Crippen molar-refractivity contribution in [1.29, 1.82) is 0 Å². The fourth-order valence-corrected chi connectivity index (χ4v) is 9.44. The van der Waals surface area contributed by atoms with Crippen LogP contribution in [0.5, 0.6) is 0 Å². The van der Waals surface area contributed by atoms with Crippen molar-refractivity contribution < 1.29 is 60.0 Å². The Bertz CT molecular complexity index is 1120. The minimum absolute atomic E-state index is 0.0866. The van der Waals surface area contributed by atoms with Gasteiger partial charge in [0.2, 0.25) is 17.7 Å². The van der Waals surface area contributed by atoms with E-state index in [0.29, 0.717) is 23.0 Å². The molecule has 0 radical (unpaired) electrons. The van der Waals surface area contributed by atoms with Crippen LogP contribution in [0.4, 0.5) is 0 Å². The van der Waals surface area contributed by atoms with Gasteiger partial charge in [-0.3, -0.25) is 19.3 Å². The van der Waals surface area contributed by atoms with Crippen LogP contribution in [0.3, 0.4) is 0 Å². The lowest BCUT2D eigenvalue weighted by Crippen LogP contribution is -3.06. The van der Waals surface area contributed by atoms with Gasteiger partial charge in [0.05, 0.1) is 51.1 Å². The molecule has 0 aromatic heterocycles. The minimum atomic E-state index is -1.57. The van der Waals surface area contributed by atoms with E-state index in [9.17, 15) is 44.1 Å². The standard InChI is InChI=1S/3C11H22N2O.C6H9NO6/c3*1-8(14)12-9-6-10(2,3)13-11(4,5)7-9;8-4(9)1-7(2-5(10)11)3-6(12)13/h3*9,13H,6-7H2,1-5H3,(H,12,14);1-3H2,(H,8,9)(H,10,11)(H,12,13). The third kappa shape index (κ3) is 25.4. The fraction of sp³-hybridized carbons (Fsp3) is 0.846. The average Bonchev–Trinajstić information content (AvgIpc) is 2.81. The first-order chi connectivity index (χ1) is 24.5. The van der Waals surface area contributed by atoms with Crippen LogP contribution >= 0.6 is 0 Å². The molecule has 0 aliphatic carbocycles. The van der Waals surface area contributed by atoms with E-state index in [-0.39, 0.29) is 51.0 Å². The number of amides is 3. The van der Waals surface area contributed by atoms with Gasteiger partial charge in [-0.1, -0.05) is 0 Å². The summed E-state index contributed by atoms with van der Waals surface area (Å²) in [7, 11) is 0. The number of nitrogens with zero attached hydrogens (tertiary/aromatic N) is 1. The van der Waals surface area contributed by atoms with Crippen molar-refractivity contribution in [2.75, 3.05) is 19.6 Å². The second kappa shape index (κ2) is 20.7. The zero-order valence-corrected chi connectivity index (χ0v) is 36.4. The molecule has 0 aromatic rings. The van der Waals surface area contributed by atoms with E-state index in [0.717, 1.165) is 38.5 Å². The SMILES string of the molecule is CC(=O)NC1CC(C)(C)[NH2+]C(C)(C)C1.CC(=O)NC1CC(C)(C)[NH2+]C(C)(C)C1.CC(=O)NC1CC(C)(C)[NH2+]C(C)(C)C1.O=C([O-])CN(CC(=O)[O-])CC(=O)[O-]. The number of quaternary nitrogens is 3. The summed E-state index contributed by atoms with van der Waals surface area (Å²) in [4.78, 5) is 63.6. The Morgan fingerprint density at radius 2 is 0.600 bits per heavy atom. The number of aliphatic carboxylic acids is 3. The first-order valence-electron chi connectivity index (χ1n) is 19.3. The van der Waals surface area contributed by atoms with E-state index in [4.69, 9.17) is 0 Å². The zero-order chi connectivity index (χ0) is 43.4. The number of nitrogens with one attached hydrogen (secondary N) is 3. The van der Waals surface area contributed by atoms with E-state index in [1.807, 2.05) is 0 Å². The number of hydrogen-bond donors (Lipinski definition) is 6. The minimum Gasteiger partial charge on any atom is -0.549 e. The first-order valence-corrected chi connectivity index (χ1v) is 19.3. The van der Waals surface area contributed by atoms with Crippen LogP contribution in [0.1, 0.15) is 142 Å². The molecular weight excluding hydrogens is 710 g/mol. The van der Waals surface area contributed by atoms with Crippen molar-refractivity contribution in [1.82, 2.24) is 20.9 Å². The summed E-state index contributed by atoms with van der Waals surface area (Å²) < 4.78 is 0. The van der Waals surface area contributed by atoms with Gasteiger partial charge in [-0.05, 0) is 83.1 Å². The second-order valence-electron chi connectivity index (χ2n) is 20.0. The van der Waals surface area contributed by atoms with Crippen molar-refractivity contribution in [3.8, 4) is 0 Å². The lowest BCUT2D eigenvalue weighted by atomic mass is 9.79. The van der Waals surface area contributed by atoms with Crippen molar-refractivity contribution in [2.24, 2.45) is 0 Å². The van der Waals surface area contributed by atoms with Crippen molar-refractivity contribution >= 4 is 35.6 Å². The molecule has 0 spiro atoms. The molecule has 9 N–H and O–H groups in total. The summed E-state index contributed by atoms with van der Waals surface area (Å²) in [6, 6.07) is 1.01. The van der Waals surface area contributed by atoms with Gasteiger partial charge in [0, 0.05) is 97.1 Å². The molecule has 55 heavy (non-hydrogen) atoms. The van der Waals surface area contributed by atoms with Gasteiger partial charge < -0.3 is 61.6 Å². The quantitative estimate of drug-likeness (QED) is 0.131. The molecule has 3 aliphatic rings. The summed E-state index contributed by atoms with van der Waals surface area (Å²) >= 11 is 0. The molecule has 3 heterocycles. The lowest BCUT2D eigenvalue weighted by molar-refractivity contribution is -0.788. The molecule has 0 unspecified atom stereocenters. The van der Waals surface area contributed by atoms with E-state index < -0.39 is 37.5 Å². The number of carbonyl (C=O) groups is 6. The van der Waals surface area contributed by atoms with Crippen LogP contribution in [-0.4, -0.2) is 112 Å². The maximum absolute atomic E-state index is 11.0. The van der Waals surface area contributed by atoms with Gasteiger partial charge in [0.1, 0.15) is 0 Å². The van der Waals surface area contributed by atoms with Crippen molar-refractivity contribution in [2.45, 2.75) is 194 Å². The van der Waals surface area contributed by atoms with Crippen LogP contribution in [-0.2, 0) is 28.8 Å². The van der Waals surface area contributed by atoms with E-state index in [1.54, 1.807) is 20.8 Å². The van der Waals surface area contributed by atoms with E-state index in [1.165, 1.54) is 0 Å². The van der Waals surface area contributed by atoms with E-state index in [2.05, 4.69) is 115 Å². The van der Waals surface area contributed by atoms with Crippen LogP contribution in [0.15, 0.2) is 0 Å². The summed E-state index contributed by atoms with van der Waals surface area (Å²) in [5.74, 6) is -4.44. The maximum atomic E-state index is 11.0. The highest BCUT2D eigenvalue weighted by Gasteiger charge is 2.43. The lowest BCUT2D eigenvalue weighted by Gasteiger charge is -2.43. The summed E-state index contributed by atoms with van der Waals surface area (Å²) in [5.41, 5.74) is 1.39. The Balaban J connectivity index is 0.000000707. The fourth-order valence-electron chi connectivity index (χ4n) is 9.44. The largest absolute Gasteiger partial charge is 0.549 e. The normalized spacial score (nSPS) is 22.0. The molecule has 3 fully saturated rings. The van der Waals surface area contributed by atoms with Gasteiger partial charge in [-0.25, -0.2) is 0 Å². The smallest absolute Gasteiger partial charge is 0.217 e. The number of nitrogens with two attached hydrogens (primary N) is 3. The van der Waals surface area contributed by atoms with Crippen molar-refractivity contribution in [3.63, 3.8) is 0 Å². The third-order valence-corrected chi connectivity index (χ3v) is 9.26. The number of carboxylic acids is 3. The molecule has 16 nitrogen and oxygen atoms in total. The Hall–Kier alpha value is -3.34. The topological polar surface area (TPSA) is 261 Å². The predicted octanol–water partition coefficient (Wildman–Crippen LogP) is -4.25. The highest BCUT2D eigenvalue weighted by Crippen LogP contribution is 2.23. The highest BCUT2D eigenvalue weighted by atomic mass is 16.4. The number of rotatable bonds is 9. The van der Waals surface area contributed by atoms with Gasteiger partial charge in [0.25, 0.3) is 0 Å². The third-order valence-electron chi connectivity index (χ3n) is 9.26. The predicted molar refractivity (Wildman–Crippen MR) is 202 cm³/mol. The maximum Gasteiger partial charge on any atom is 0.217 e. The Labute approximate surface area is 329 Å². The number of piperidine rings is 3. The monoisotopic (exact) mass is 786 g/mol. The molecule has 3 saturated heterocycles. The first kappa shape index (κ1) is 51.7. The number of carbonyl (C=O) groups excluding carboxylic acids is 6. The van der Waals surface area contributed by atoms with Gasteiger partial charge in [-0.15, -0.1) is 0 Å². The Morgan fingerprint density at radius 1 is 0.436 bits per heavy atom. The Morgan fingerprint density at radius 3 is 0.727 bits per heavy atom. The molecule has 3 rings (SSSR count). The number of carboxylic acid groups (broad SMARTS) is 3. The molecule has 3 amide bonds. The summed E-state index contributed by atoms with van der Waals surface area (Å²) in [5, 5.41) is 46.3. The molecule has 0 atom stereocenters. The second-order valence-corrected chi connectivity index (χ2v) is 20.0. The number of hydrogen-bond acceptors (Lipinski definition) is 10. The molecular formula is C39H75N7O9. The molecule has 3 aliphatic heterocycles. The van der Waals surface area contributed by atoms with Gasteiger partial charge in [-0.2, -0.15) is 0 Å². The average molecular weight is 786 g/mol. The summed E-state index contributed by atoms with van der Waals surface area (Å²) in [6.45, 7) is 29.3. The van der Waals surface area contributed by atoms with Crippen LogP contribution in [0, 0.1) is 0 Å². The molecule has 0 saturated carbocycles.